The molecule has 1 aromatic heterocycles. The number of nitrogens with one attached hydrogen (secondary N) is 1. The van der Waals surface area contributed by atoms with Crippen LogP contribution in [0.15, 0.2) is 28.1 Å². The lowest BCUT2D eigenvalue weighted by molar-refractivity contribution is 0.0957. The zero-order chi connectivity index (χ0) is 15.0. The summed E-state index contributed by atoms with van der Waals surface area (Å²) in [6.07, 6.45) is 0. The molecule has 0 spiro atoms. The number of carbonyl (C=O) groups excluding carboxylic acids is 1. The lowest BCUT2D eigenvalue weighted by Gasteiger charge is -2.11. The summed E-state index contributed by atoms with van der Waals surface area (Å²) in [7, 11) is 0. The van der Waals surface area contributed by atoms with Crippen LogP contribution in [0.5, 0.6) is 5.75 Å². The number of ether oxygens (including phenoxy) is 1. The Kier molecular flexibility index (Phi) is 4.38. The Hall–Kier alpha value is -0.850. The number of hydrogen-bond acceptors (Lipinski definition) is 3. The van der Waals surface area contributed by atoms with Crippen LogP contribution in [0.25, 0.3) is 0 Å². The molecule has 1 atom stereocenters. The van der Waals surface area contributed by atoms with Gasteiger partial charge in [-0.3, -0.25) is 4.79 Å². The van der Waals surface area contributed by atoms with E-state index in [0.717, 1.165) is 9.35 Å². The van der Waals surface area contributed by atoms with Crippen LogP contribution in [-0.2, 0) is 0 Å². The zero-order valence-corrected chi connectivity index (χ0v) is 15.3. The number of aryl methyl sites for hydroxylation is 1. The van der Waals surface area contributed by atoms with E-state index in [0.29, 0.717) is 24.5 Å². The maximum Gasteiger partial charge on any atom is 0.255 e. The van der Waals surface area contributed by atoms with E-state index < -0.39 is 0 Å². The first-order chi connectivity index (χ1) is 10.1. The van der Waals surface area contributed by atoms with Crippen LogP contribution in [0.4, 0.5) is 0 Å². The molecule has 1 aliphatic rings. The van der Waals surface area contributed by atoms with Crippen LogP contribution in [0, 0.1) is 6.92 Å². The standard InChI is InChI=1S/C15H13Br2NO2S/c1-8-6-12(21-14(8)17)13(16)9-2-3-11-10(7-9)15(19)18-4-5-20-11/h2-3,6-7,13H,4-5H2,1H3,(H,18,19). The first-order valence-electron chi connectivity index (χ1n) is 6.51. The largest absolute Gasteiger partial charge is 0.491 e. The molecule has 1 amide bonds. The van der Waals surface area contributed by atoms with Gasteiger partial charge in [-0.25, -0.2) is 0 Å². The van der Waals surface area contributed by atoms with E-state index in [1.54, 1.807) is 11.3 Å². The molecule has 110 valence electrons. The number of hydrogen-bond donors (Lipinski definition) is 1. The Balaban J connectivity index is 1.97. The van der Waals surface area contributed by atoms with Crippen molar-refractivity contribution in [1.82, 2.24) is 5.32 Å². The number of rotatable bonds is 2. The molecule has 21 heavy (non-hydrogen) atoms. The number of halogens is 2. The second-order valence-corrected chi connectivity index (χ2v) is 8.15. The molecule has 3 rings (SSSR count). The van der Waals surface area contributed by atoms with Crippen molar-refractivity contribution in [2.45, 2.75) is 11.8 Å². The summed E-state index contributed by atoms with van der Waals surface area (Å²) < 4.78 is 6.72. The van der Waals surface area contributed by atoms with Crippen molar-refractivity contribution in [2.75, 3.05) is 13.2 Å². The quantitative estimate of drug-likeness (QED) is 0.716. The number of thiophene rings is 1. The molecule has 1 aliphatic heterocycles. The molecule has 0 saturated carbocycles. The van der Waals surface area contributed by atoms with Crippen LogP contribution in [0.1, 0.15) is 31.2 Å². The lowest BCUT2D eigenvalue weighted by atomic mass is 10.1. The number of benzene rings is 1. The van der Waals surface area contributed by atoms with Gasteiger partial charge in [-0.2, -0.15) is 0 Å². The highest BCUT2D eigenvalue weighted by Crippen LogP contribution is 2.40. The SMILES string of the molecule is Cc1cc(C(Br)c2ccc3c(c2)C(=O)NCCO3)sc1Br. The van der Waals surface area contributed by atoms with Gasteiger partial charge in [-0.15, -0.1) is 11.3 Å². The molecular weight excluding hydrogens is 418 g/mol. The second kappa shape index (κ2) is 6.10. The van der Waals surface area contributed by atoms with Crippen molar-refractivity contribution in [2.24, 2.45) is 0 Å². The third kappa shape index (κ3) is 3.03. The molecule has 0 fully saturated rings. The van der Waals surface area contributed by atoms with E-state index in [1.165, 1.54) is 10.4 Å². The number of amides is 1. The fourth-order valence-electron chi connectivity index (χ4n) is 2.20. The Morgan fingerprint density at radius 2 is 2.19 bits per heavy atom. The second-order valence-electron chi connectivity index (χ2n) is 4.83. The van der Waals surface area contributed by atoms with Gasteiger partial charge < -0.3 is 10.1 Å². The fraction of sp³-hybridized carbons (Fsp3) is 0.267. The van der Waals surface area contributed by atoms with Gasteiger partial charge in [0.25, 0.3) is 5.91 Å². The van der Waals surface area contributed by atoms with Crippen molar-refractivity contribution in [3.05, 3.63) is 49.6 Å². The first-order valence-corrected chi connectivity index (χ1v) is 9.03. The van der Waals surface area contributed by atoms with Crippen LogP contribution in [0.2, 0.25) is 0 Å². The smallest absolute Gasteiger partial charge is 0.255 e. The molecule has 1 aromatic carbocycles. The molecule has 1 unspecified atom stereocenters. The van der Waals surface area contributed by atoms with Crippen molar-refractivity contribution < 1.29 is 9.53 Å². The van der Waals surface area contributed by atoms with Crippen LogP contribution in [-0.4, -0.2) is 19.1 Å². The van der Waals surface area contributed by atoms with Gasteiger partial charge in [0.05, 0.1) is 20.7 Å². The van der Waals surface area contributed by atoms with Gasteiger partial charge in [0, 0.05) is 4.88 Å². The summed E-state index contributed by atoms with van der Waals surface area (Å²) in [6, 6.07) is 7.92. The minimum Gasteiger partial charge on any atom is -0.491 e. The summed E-state index contributed by atoms with van der Waals surface area (Å²) in [6.45, 7) is 3.12. The predicted octanol–water partition coefficient (Wildman–Crippen LogP) is 4.43. The molecule has 0 radical (unpaired) electrons. The van der Waals surface area contributed by atoms with Gasteiger partial charge in [0.2, 0.25) is 0 Å². The summed E-state index contributed by atoms with van der Waals surface area (Å²) in [5, 5.41) is 2.84. The third-order valence-electron chi connectivity index (χ3n) is 3.31. The third-order valence-corrected chi connectivity index (χ3v) is 6.84. The maximum absolute atomic E-state index is 12.1. The summed E-state index contributed by atoms with van der Waals surface area (Å²) in [5.41, 5.74) is 2.86. The van der Waals surface area contributed by atoms with E-state index >= 15 is 0 Å². The number of alkyl halides is 1. The normalized spacial score (nSPS) is 15.7. The monoisotopic (exact) mass is 429 g/mol. The lowest BCUT2D eigenvalue weighted by Crippen LogP contribution is -2.24. The fourth-order valence-corrected chi connectivity index (χ4v) is 4.48. The van der Waals surface area contributed by atoms with Crippen LogP contribution in [0.3, 0.4) is 0 Å². The summed E-state index contributed by atoms with van der Waals surface area (Å²) in [4.78, 5) is 13.3. The topological polar surface area (TPSA) is 38.3 Å². The first kappa shape index (κ1) is 15.1. The van der Waals surface area contributed by atoms with Gasteiger partial charge in [-0.05, 0) is 52.2 Å². The molecular formula is C15H13Br2NO2S. The van der Waals surface area contributed by atoms with Crippen molar-refractivity contribution in [3.8, 4) is 5.75 Å². The van der Waals surface area contributed by atoms with Crippen molar-refractivity contribution >= 4 is 49.1 Å². The molecule has 0 aliphatic carbocycles. The summed E-state index contributed by atoms with van der Waals surface area (Å²) in [5.74, 6) is 0.574. The van der Waals surface area contributed by atoms with Gasteiger partial charge in [0.15, 0.2) is 0 Å². The highest BCUT2D eigenvalue weighted by atomic mass is 79.9. The molecule has 0 saturated heterocycles. The highest BCUT2D eigenvalue weighted by molar-refractivity contribution is 9.11. The van der Waals surface area contributed by atoms with Gasteiger partial charge in [-0.1, -0.05) is 22.0 Å². The van der Waals surface area contributed by atoms with Crippen LogP contribution >= 0.6 is 43.2 Å². The maximum atomic E-state index is 12.1. The summed E-state index contributed by atoms with van der Waals surface area (Å²) >= 11 is 8.97. The minimum absolute atomic E-state index is 0.0638. The van der Waals surface area contributed by atoms with Crippen molar-refractivity contribution in [1.29, 1.82) is 0 Å². The Morgan fingerprint density at radius 1 is 1.38 bits per heavy atom. The van der Waals surface area contributed by atoms with Crippen molar-refractivity contribution in [3.63, 3.8) is 0 Å². The van der Waals surface area contributed by atoms with Gasteiger partial charge >= 0.3 is 0 Å². The molecule has 6 heteroatoms. The molecule has 2 aromatic rings. The zero-order valence-electron chi connectivity index (χ0n) is 11.3. The Bertz CT molecular complexity index is 679. The Labute approximate surface area is 144 Å². The average molecular weight is 431 g/mol. The van der Waals surface area contributed by atoms with E-state index in [2.05, 4.69) is 50.2 Å². The average Bonchev–Trinajstić information content (AvgIpc) is 2.70. The molecule has 3 nitrogen and oxygen atoms in total. The van der Waals surface area contributed by atoms with E-state index in [-0.39, 0.29) is 10.7 Å². The predicted molar refractivity (Wildman–Crippen MR) is 91.8 cm³/mol. The van der Waals surface area contributed by atoms with Gasteiger partial charge in [0.1, 0.15) is 12.4 Å². The molecule has 2 heterocycles. The molecule has 1 N–H and O–H groups in total. The number of fused-ring (bicyclic) bond motifs is 1. The number of carbonyl (C=O) groups is 1. The Morgan fingerprint density at radius 3 is 2.90 bits per heavy atom. The van der Waals surface area contributed by atoms with E-state index in [1.807, 2.05) is 18.2 Å². The van der Waals surface area contributed by atoms with E-state index in [4.69, 9.17) is 4.74 Å². The van der Waals surface area contributed by atoms with E-state index in [9.17, 15) is 4.79 Å². The highest BCUT2D eigenvalue weighted by Gasteiger charge is 2.20. The van der Waals surface area contributed by atoms with Crippen LogP contribution < -0.4 is 10.1 Å². The minimum atomic E-state index is -0.0763. The molecule has 0 bridgehead atoms.